The summed E-state index contributed by atoms with van der Waals surface area (Å²) in [5.74, 6) is 1.03. The molecule has 0 bridgehead atoms. The van der Waals surface area contributed by atoms with Gasteiger partial charge in [0.25, 0.3) is 11.8 Å². The maximum absolute atomic E-state index is 12.9. The van der Waals surface area contributed by atoms with Crippen molar-refractivity contribution in [2.24, 2.45) is 0 Å². The lowest BCUT2D eigenvalue weighted by atomic mass is 10.1. The van der Waals surface area contributed by atoms with E-state index in [1.807, 2.05) is 27.7 Å². The zero-order valence-electron chi connectivity index (χ0n) is 19.4. The van der Waals surface area contributed by atoms with Crippen molar-refractivity contribution in [3.63, 3.8) is 0 Å². The fourth-order valence-corrected chi connectivity index (χ4v) is 4.60. The van der Waals surface area contributed by atoms with Crippen molar-refractivity contribution in [2.75, 3.05) is 7.11 Å². The molecule has 10 heteroatoms. The van der Waals surface area contributed by atoms with Gasteiger partial charge in [0.05, 0.1) is 30.0 Å². The Balaban J connectivity index is 1.52. The number of aryl methyl sites for hydroxylation is 2. The largest absolute Gasteiger partial charge is 0.493 e. The number of carbonyl (C=O) groups excluding carboxylic acids is 2. The summed E-state index contributed by atoms with van der Waals surface area (Å²) in [5.41, 5.74) is 6.72. The molecule has 3 heterocycles. The fraction of sp³-hybridized carbons (Fsp3) is 0.250. The first-order valence-electron chi connectivity index (χ1n) is 10.6. The van der Waals surface area contributed by atoms with Crippen molar-refractivity contribution in [2.45, 2.75) is 33.8 Å². The fourth-order valence-electron chi connectivity index (χ4n) is 3.47. The normalized spacial score (nSPS) is 11.0. The van der Waals surface area contributed by atoms with Crippen LogP contribution in [0.1, 0.15) is 45.1 Å². The van der Waals surface area contributed by atoms with Crippen LogP contribution in [-0.4, -0.2) is 35.0 Å². The number of hydrogen-bond acceptors (Lipinski definition) is 8. The Labute approximate surface area is 200 Å². The van der Waals surface area contributed by atoms with Gasteiger partial charge in [0.15, 0.2) is 23.1 Å². The van der Waals surface area contributed by atoms with Gasteiger partial charge in [-0.2, -0.15) is 0 Å². The first-order valence-corrected chi connectivity index (χ1v) is 11.4. The van der Waals surface area contributed by atoms with Gasteiger partial charge in [0, 0.05) is 10.9 Å². The summed E-state index contributed by atoms with van der Waals surface area (Å²) in [6.07, 6.45) is 1.51. The maximum Gasteiger partial charge on any atom is 0.280 e. The smallest absolute Gasteiger partial charge is 0.280 e. The monoisotopic (exact) mass is 480 g/mol. The summed E-state index contributed by atoms with van der Waals surface area (Å²) in [4.78, 5) is 35.6. The summed E-state index contributed by atoms with van der Waals surface area (Å²) >= 11 is 1.23. The van der Waals surface area contributed by atoms with Crippen LogP contribution in [0, 0.1) is 13.8 Å². The molecular weight excluding hydrogens is 456 g/mol. The van der Waals surface area contributed by atoms with E-state index in [-0.39, 0.29) is 6.10 Å². The van der Waals surface area contributed by atoms with Crippen LogP contribution < -0.4 is 20.3 Å². The van der Waals surface area contributed by atoms with Crippen molar-refractivity contribution in [1.29, 1.82) is 0 Å². The summed E-state index contributed by atoms with van der Waals surface area (Å²) in [6, 6.07) is 8.35. The van der Waals surface area contributed by atoms with Gasteiger partial charge >= 0.3 is 0 Å². The van der Waals surface area contributed by atoms with E-state index < -0.39 is 11.8 Å². The number of nitrogens with zero attached hydrogens (tertiary/aromatic N) is 2. The molecule has 34 heavy (non-hydrogen) atoms. The number of methoxy groups -OCH3 is 1. The second-order valence-corrected chi connectivity index (χ2v) is 8.79. The average molecular weight is 481 g/mol. The average Bonchev–Trinajstić information content (AvgIpc) is 3.45. The summed E-state index contributed by atoms with van der Waals surface area (Å²) in [7, 11) is 1.50. The molecule has 0 aliphatic rings. The molecule has 0 unspecified atom stereocenters. The lowest BCUT2D eigenvalue weighted by molar-refractivity contribution is 0.0848. The first kappa shape index (κ1) is 23.2. The second-order valence-electron chi connectivity index (χ2n) is 7.79. The van der Waals surface area contributed by atoms with E-state index >= 15 is 0 Å². The molecule has 0 aliphatic carbocycles. The van der Waals surface area contributed by atoms with Gasteiger partial charge in [0.2, 0.25) is 0 Å². The number of furan rings is 1. The minimum atomic E-state index is -0.488. The van der Waals surface area contributed by atoms with Crippen LogP contribution in [0.5, 0.6) is 11.5 Å². The SMILES string of the molecule is COc1cc(C(=O)NNC(=O)c2sc3nc(-c4ccco4)nc(C)c3c2C)ccc1OC(C)C. The Morgan fingerprint density at radius 2 is 1.82 bits per heavy atom. The predicted octanol–water partition coefficient (Wildman–Crippen LogP) is 4.44. The Bertz CT molecular complexity index is 1360. The minimum Gasteiger partial charge on any atom is -0.493 e. The van der Waals surface area contributed by atoms with E-state index in [2.05, 4.69) is 20.8 Å². The molecule has 0 aliphatic heterocycles. The van der Waals surface area contributed by atoms with E-state index in [0.717, 1.165) is 16.6 Å². The molecule has 4 rings (SSSR count). The number of ether oxygens (including phenoxy) is 2. The second kappa shape index (κ2) is 9.52. The number of nitrogens with one attached hydrogen (secondary N) is 2. The van der Waals surface area contributed by atoms with E-state index in [0.29, 0.717) is 38.4 Å². The van der Waals surface area contributed by atoms with Gasteiger partial charge in [-0.25, -0.2) is 9.97 Å². The standard InChI is InChI=1S/C24H24N4O5S/c1-12(2)33-16-9-8-15(11-18(16)31-5)22(29)27-28-23(30)20-13(3)19-14(4)25-21(26-24(19)34-20)17-7-6-10-32-17/h6-12H,1-5H3,(H,27,29)(H,28,30). The topological polar surface area (TPSA) is 116 Å². The van der Waals surface area contributed by atoms with Gasteiger partial charge in [0.1, 0.15) is 4.83 Å². The maximum atomic E-state index is 12.9. The number of aromatic nitrogens is 2. The molecule has 2 amide bonds. The van der Waals surface area contributed by atoms with Crippen molar-refractivity contribution >= 4 is 33.4 Å². The Hall–Kier alpha value is -3.92. The summed E-state index contributed by atoms with van der Waals surface area (Å²) in [6.45, 7) is 7.49. The Morgan fingerprint density at radius 3 is 2.50 bits per heavy atom. The molecule has 0 fully saturated rings. The number of rotatable bonds is 6. The third kappa shape index (κ3) is 4.58. The molecule has 0 radical (unpaired) electrons. The Kier molecular flexibility index (Phi) is 6.51. The van der Waals surface area contributed by atoms with E-state index in [9.17, 15) is 9.59 Å². The molecule has 0 saturated carbocycles. The van der Waals surface area contributed by atoms with Gasteiger partial charge in [-0.05, 0) is 63.6 Å². The highest BCUT2D eigenvalue weighted by Gasteiger charge is 2.21. The van der Waals surface area contributed by atoms with Crippen LogP contribution in [0.3, 0.4) is 0 Å². The van der Waals surface area contributed by atoms with Crippen LogP contribution in [-0.2, 0) is 0 Å². The zero-order valence-corrected chi connectivity index (χ0v) is 20.2. The lowest BCUT2D eigenvalue weighted by Crippen LogP contribution is -2.41. The van der Waals surface area contributed by atoms with Gasteiger partial charge in [-0.15, -0.1) is 11.3 Å². The lowest BCUT2D eigenvalue weighted by Gasteiger charge is -2.14. The van der Waals surface area contributed by atoms with Crippen LogP contribution in [0.25, 0.3) is 21.8 Å². The van der Waals surface area contributed by atoms with E-state index in [4.69, 9.17) is 13.9 Å². The van der Waals surface area contributed by atoms with Gasteiger partial charge < -0.3 is 13.9 Å². The van der Waals surface area contributed by atoms with Crippen molar-refractivity contribution in [3.8, 4) is 23.1 Å². The van der Waals surface area contributed by atoms with Crippen molar-refractivity contribution < 1.29 is 23.5 Å². The third-order valence-electron chi connectivity index (χ3n) is 5.00. The van der Waals surface area contributed by atoms with Crippen LogP contribution in [0.4, 0.5) is 0 Å². The van der Waals surface area contributed by atoms with Crippen LogP contribution in [0.2, 0.25) is 0 Å². The molecule has 4 aromatic rings. The van der Waals surface area contributed by atoms with Gasteiger partial charge in [-0.3, -0.25) is 20.4 Å². The number of thiophene rings is 1. The van der Waals surface area contributed by atoms with Gasteiger partial charge in [-0.1, -0.05) is 0 Å². The third-order valence-corrected chi connectivity index (χ3v) is 6.18. The summed E-state index contributed by atoms with van der Waals surface area (Å²) < 4.78 is 16.4. The molecule has 3 aromatic heterocycles. The first-order chi connectivity index (χ1) is 16.3. The molecular formula is C24H24N4O5S. The highest BCUT2D eigenvalue weighted by molar-refractivity contribution is 7.20. The molecule has 0 saturated heterocycles. The van der Waals surface area contributed by atoms with Crippen LogP contribution in [0.15, 0.2) is 41.0 Å². The molecule has 2 N–H and O–H groups in total. The number of carbonyl (C=O) groups is 2. The van der Waals surface area contributed by atoms with Crippen molar-refractivity contribution in [3.05, 3.63) is 58.3 Å². The highest BCUT2D eigenvalue weighted by Crippen LogP contribution is 2.33. The number of amides is 2. The number of hydrazine groups is 1. The molecule has 176 valence electrons. The Morgan fingerprint density at radius 1 is 1.06 bits per heavy atom. The number of benzene rings is 1. The van der Waals surface area contributed by atoms with Crippen LogP contribution >= 0.6 is 11.3 Å². The van der Waals surface area contributed by atoms with E-state index in [1.165, 1.54) is 18.4 Å². The molecule has 0 spiro atoms. The minimum absolute atomic E-state index is 0.0408. The predicted molar refractivity (Wildman–Crippen MR) is 128 cm³/mol. The van der Waals surface area contributed by atoms with E-state index in [1.54, 1.807) is 36.6 Å². The molecule has 1 aromatic carbocycles. The highest BCUT2D eigenvalue weighted by atomic mass is 32.1. The number of fused-ring (bicyclic) bond motifs is 1. The van der Waals surface area contributed by atoms with Crippen molar-refractivity contribution in [1.82, 2.24) is 20.8 Å². The molecule has 9 nitrogen and oxygen atoms in total. The quantitative estimate of drug-likeness (QED) is 0.392. The summed E-state index contributed by atoms with van der Waals surface area (Å²) in [5, 5.41) is 0.808. The zero-order chi connectivity index (χ0) is 24.4. The number of hydrogen-bond donors (Lipinski definition) is 2. The molecule has 0 atom stereocenters.